The van der Waals surface area contributed by atoms with E-state index in [1.807, 2.05) is 23.3 Å². The predicted octanol–water partition coefficient (Wildman–Crippen LogP) is 2.18. The normalized spacial score (nSPS) is 20.8. The van der Waals surface area contributed by atoms with Crippen molar-refractivity contribution in [2.24, 2.45) is 0 Å². The molecule has 2 amide bonds. The highest BCUT2D eigenvalue weighted by molar-refractivity contribution is 5.92. The van der Waals surface area contributed by atoms with Gasteiger partial charge in [0.05, 0.1) is 12.1 Å². The van der Waals surface area contributed by atoms with Gasteiger partial charge in [-0.15, -0.1) is 0 Å². The molecule has 1 fully saturated rings. The van der Waals surface area contributed by atoms with Crippen LogP contribution in [-0.2, 0) is 11.0 Å². The summed E-state index contributed by atoms with van der Waals surface area (Å²) in [4.78, 5) is 23.9. The number of amides is 2. The van der Waals surface area contributed by atoms with Crippen molar-refractivity contribution in [3.63, 3.8) is 0 Å². The van der Waals surface area contributed by atoms with Crippen LogP contribution in [0, 0.1) is 0 Å². The molecule has 0 aliphatic carbocycles. The lowest BCUT2D eigenvalue weighted by molar-refractivity contribution is -0.141. The zero-order valence-corrected chi connectivity index (χ0v) is 12.9. The van der Waals surface area contributed by atoms with Crippen LogP contribution in [0.5, 0.6) is 0 Å². The number of carbonyl (C=O) groups excluding carboxylic acids is 2. The highest BCUT2D eigenvalue weighted by Crippen LogP contribution is 2.28. The molecule has 1 aromatic heterocycles. The Morgan fingerprint density at radius 3 is 2.60 bits per heavy atom. The topological polar surface area (TPSA) is 86.9 Å². The quantitative estimate of drug-likeness (QED) is 0.791. The van der Waals surface area contributed by atoms with Gasteiger partial charge in [-0.3, -0.25) is 14.7 Å². The third-order valence-corrected chi connectivity index (χ3v) is 3.99. The van der Waals surface area contributed by atoms with E-state index in [0.717, 1.165) is 5.56 Å². The van der Waals surface area contributed by atoms with Crippen molar-refractivity contribution in [3.8, 4) is 0 Å². The number of aromatic nitrogens is 2. The van der Waals surface area contributed by atoms with Crippen LogP contribution in [0.2, 0.25) is 0 Å². The first-order valence-electron chi connectivity index (χ1n) is 7.62. The maximum Gasteiger partial charge on any atom is 0.432 e. The van der Waals surface area contributed by atoms with E-state index in [2.05, 4.69) is 15.7 Å². The summed E-state index contributed by atoms with van der Waals surface area (Å²) in [5.41, 5.74) is -0.635. The van der Waals surface area contributed by atoms with Crippen LogP contribution in [0.15, 0.2) is 36.4 Å². The molecule has 1 aromatic carbocycles. The molecule has 0 radical (unpaired) electrons. The Hall–Kier alpha value is -2.84. The summed E-state index contributed by atoms with van der Waals surface area (Å²) in [6, 6.07) is 8.82. The number of piperidine rings is 1. The third kappa shape index (κ3) is 3.81. The molecule has 0 saturated carbocycles. The summed E-state index contributed by atoms with van der Waals surface area (Å²) >= 11 is 0. The van der Waals surface area contributed by atoms with Crippen LogP contribution in [0.3, 0.4) is 0 Å². The minimum Gasteiger partial charge on any atom is -0.347 e. The summed E-state index contributed by atoms with van der Waals surface area (Å²) in [6.45, 7) is 0. The molecule has 1 aliphatic rings. The smallest absolute Gasteiger partial charge is 0.347 e. The first-order valence-corrected chi connectivity index (χ1v) is 7.62. The highest BCUT2D eigenvalue weighted by atomic mass is 19.4. The number of alkyl halides is 3. The lowest BCUT2D eigenvalue weighted by Crippen LogP contribution is -2.50. The first kappa shape index (κ1) is 17.0. The van der Waals surface area contributed by atoms with Crippen LogP contribution < -0.4 is 10.6 Å². The van der Waals surface area contributed by atoms with Crippen molar-refractivity contribution >= 4 is 11.8 Å². The number of halogens is 3. The first-order chi connectivity index (χ1) is 11.8. The molecule has 2 heterocycles. The fourth-order valence-corrected chi connectivity index (χ4v) is 2.76. The number of benzene rings is 1. The number of carbonyl (C=O) groups is 2. The molecule has 0 bridgehead atoms. The van der Waals surface area contributed by atoms with Gasteiger partial charge in [-0.1, -0.05) is 30.3 Å². The van der Waals surface area contributed by atoms with Gasteiger partial charge in [0.25, 0.3) is 5.91 Å². The minimum atomic E-state index is -4.60. The van der Waals surface area contributed by atoms with Gasteiger partial charge in [0, 0.05) is 12.5 Å². The predicted molar refractivity (Wildman–Crippen MR) is 81.4 cm³/mol. The molecule has 3 N–H and O–H groups in total. The number of aromatic amines is 1. The van der Waals surface area contributed by atoms with E-state index in [-0.39, 0.29) is 18.0 Å². The fraction of sp³-hybridized carbons (Fsp3) is 0.312. The second kappa shape index (κ2) is 6.58. The second-order valence-electron chi connectivity index (χ2n) is 5.74. The monoisotopic (exact) mass is 352 g/mol. The number of nitrogens with zero attached hydrogens (tertiary/aromatic N) is 1. The molecule has 1 aliphatic heterocycles. The molecule has 9 heteroatoms. The summed E-state index contributed by atoms with van der Waals surface area (Å²) in [5.74, 6) is -0.868. The molecule has 0 spiro atoms. The molecule has 3 rings (SSSR count). The van der Waals surface area contributed by atoms with Crippen molar-refractivity contribution in [2.45, 2.75) is 31.1 Å². The van der Waals surface area contributed by atoms with Crippen LogP contribution in [0.1, 0.15) is 40.6 Å². The number of hydrogen-bond acceptors (Lipinski definition) is 3. The number of hydrogen-bond donors (Lipinski definition) is 3. The van der Waals surface area contributed by atoms with E-state index in [0.29, 0.717) is 12.5 Å². The van der Waals surface area contributed by atoms with Crippen molar-refractivity contribution < 1.29 is 22.8 Å². The average molecular weight is 352 g/mol. The summed E-state index contributed by atoms with van der Waals surface area (Å²) < 4.78 is 37.8. The van der Waals surface area contributed by atoms with Crippen molar-refractivity contribution in [2.75, 3.05) is 0 Å². The maximum absolute atomic E-state index is 12.6. The Morgan fingerprint density at radius 1 is 1.24 bits per heavy atom. The summed E-state index contributed by atoms with van der Waals surface area (Å²) in [6.07, 6.45) is -3.99. The van der Waals surface area contributed by atoms with Gasteiger partial charge >= 0.3 is 6.18 Å². The SMILES string of the molecule is O=C1CC[C@@H](NC(=O)c2cc(C(F)(F)F)[nH]n2)[C@H](c2ccccc2)N1. The molecule has 1 saturated heterocycles. The highest BCUT2D eigenvalue weighted by Gasteiger charge is 2.35. The molecule has 6 nitrogen and oxygen atoms in total. The van der Waals surface area contributed by atoms with Crippen molar-refractivity contribution in [1.29, 1.82) is 0 Å². The van der Waals surface area contributed by atoms with E-state index < -0.39 is 29.9 Å². The van der Waals surface area contributed by atoms with Gasteiger partial charge in [0.2, 0.25) is 5.91 Å². The average Bonchev–Trinajstić information content (AvgIpc) is 3.08. The lowest BCUT2D eigenvalue weighted by atomic mass is 9.92. The van der Waals surface area contributed by atoms with Crippen LogP contribution in [-0.4, -0.2) is 28.1 Å². The van der Waals surface area contributed by atoms with Crippen molar-refractivity contribution in [3.05, 3.63) is 53.3 Å². The Kier molecular flexibility index (Phi) is 4.47. The zero-order chi connectivity index (χ0) is 18.0. The Bertz CT molecular complexity index is 773. The largest absolute Gasteiger partial charge is 0.432 e. The van der Waals surface area contributed by atoms with E-state index in [4.69, 9.17) is 0 Å². The van der Waals surface area contributed by atoms with Gasteiger partial charge in [-0.05, 0) is 12.0 Å². The minimum absolute atomic E-state index is 0.140. The Labute approximate surface area is 140 Å². The van der Waals surface area contributed by atoms with Gasteiger partial charge in [0.1, 0.15) is 5.69 Å². The van der Waals surface area contributed by atoms with Gasteiger partial charge in [0.15, 0.2) is 5.69 Å². The van der Waals surface area contributed by atoms with E-state index in [1.54, 1.807) is 12.1 Å². The maximum atomic E-state index is 12.6. The molecule has 0 unspecified atom stereocenters. The molecular formula is C16H15F3N4O2. The lowest BCUT2D eigenvalue weighted by Gasteiger charge is -2.33. The molecule has 25 heavy (non-hydrogen) atoms. The Balaban J connectivity index is 1.76. The summed E-state index contributed by atoms with van der Waals surface area (Å²) in [5, 5.41) is 10.7. The van der Waals surface area contributed by atoms with Gasteiger partial charge in [-0.2, -0.15) is 18.3 Å². The third-order valence-electron chi connectivity index (χ3n) is 3.99. The number of nitrogens with one attached hydrogen (secondary N) is 3. The molecule has 2 aromatic rings. The molecular weight excluding hydrogens is 337 g/mol. The fourth-order valence-electron chi connectivity index (χ4n) is 2.76. The van der Waals surface area contributed by atoms with Crippen molar-refractivity contribution in [1.82, 2.24) is 20.8 Å². The second-order valence-corrected chi connectivity index (χ2v) is 5.74. The van der Waals surface area contributed by atoms with E-state index in [1.165, 1.54) is 0 Å². The zero-order valence-electron chi connectivity index (χ0n) is 12.9. The van der Waals surface area contributed by atoms with E-state index in [9.17, 15) is 22.8 Å². The molecule has 132 valence electrons. The van der Waals surface area contributed by atoms with Crippen LogP contribution in [0.25, 0.3) is 0 Å². The Morgan fingerprint density at radius 2 is 1.96 bits per heavy atom. The van der Waals surface area contributed by atoms with Crippen LogP contribution in [0.4, 0.5) is 13.2 Å². The number of H-pyrrole nitrogens is 1. The molecule has 2 atom stereocenters. The van der Waals surface area contributed by atoms with Gasteiger partial charge in [-0.25, -0.2) is 0 Å². The standard InChI is InChI=1S/C16H15F3N4O2/c17-16(18,19)12-8-11(22-23-12)15(25)20-10-6-7-13(24)21-14(10)9-4-2-1-3-5-9/h1-5,8,10,14H,6-7H2,(H,20,25)(H,21,24)(H,22,23)/t10-,14+/m1/s1. The van der Waals surface area contributed by atoms with E-state index >= 15 is 0 Å². The summed E-state index contributed by atoms with van der Waals surface area (Å²) in [7, 11) is 0. The van der Waals surface area contributed by atoms with Crippen LogP contribution >= 0.6 is 0 Å². The van der Waals surface area contributed by atoms with Gasteiger partial charge < -0.3 is 10.6 Å². The number of rotatable bonds is 3.